The highest BCUT2D eigenvalue weighted by Gasteiger charge is 2.27. The van der Waals surface area contributed by atoms with Gasteiger partial charge in [-0.3, -0.25) is 0 Å². The van der Waals surface area contributed by atoms with Crippen molar-refractivity contribution in [2.75, 3.05) is 0 Å². The molecule has 0 spiro atoms. The van der Waals surface area contributed by atoms with E-state index < -0.39 is 24.3 Å². The predicted octanol–water partition coefficient (Wildman–Crippen LogP) is 3.39. The maximum atomic E-state index is 12.3. The third-order valence-corrected chi connectivity index (χ3v) is 5.25. The number of carbonyl (C=O) groups is 2. The minimum Gasteiger partial charge on any atom is -0.390 e. The molecule has 4 amide bonds. The zero-order valence-electron chi connectivity index (χ0n) is 20.4. The summed E-state index contributed by atoms with van der Waals surface area (Å²) in [5.41, 5.74) is 1.64. The third kappa shape index (κ3) is 9.41. The Kier molecular flexibility index (Phi) is 10.8. The van der Waals surface area contributed by atoms with E-state index in [1.54, 1.807) is 0 Å². The number of rotatable bonds is 11. The van der Waals surface area contributed by atoms with Gasteiger partial charge in [-0.25, -0.2) is 9.59 Å². The Balaban J connectivity index is 2.12. The van der Waals surface area contributed by atoms with E-state index >= 15 is 0 Å². The normalized spacial score (nSPS) is 14.7. The molecule has 2 aromatic carbocycles. The van der Waals surface area contributed by atoms with Crippen LogP contribution in [0.25, 0.3) is 0 Å². The summed E-state index contributed by atoms with van der Waals surface area (Å²) in [6.07, 6.45) is -2.05. The van der Waals surface area contributed by atoms with E-state index in [1.165, 1.54) is 0 Å². The molecule has 4 atom stereocenters. The Morgan fingerprint density at radius 3 is 1.24 bits per heavy atom. The highest BCUT2D eigenvalue weighted by molar-refractivity contribution is 5.75. The van der Waals surface area contributed by atoms with E-state index in [0.717, 1.165) is 11.1 Å². The summed E-state index contributed by atoms with van der Waals surface area (Å²) in [5.74, 6) is 0. The van der Waals surface area contributed by atoms with Gasteiger partial charge in [0.15, 0.2) is 0 Å². The second-order valence-electron chi connectivity index (χ2n) is 9.08. The largest absolute Gasteiger partial charge is 0.390 e. The average molecular weight is 471 g/mol. The van der Waals surface area contributed by atoms with Gasteiger partial charge >= 0.3 is 12.1 Å². The zero-order valence-corrected chi connectivity index (χ0v) is 20.4. The molecule has 186 valence electrons. The van der Waals surface area contributed by atoms with Gasteiger partial charge in [0.05, 0.1) is 24.3 Å². The Hall–Kier alpha value is -3.10. The van der Waals surface area contributed by atoms with Gasteiger partial charge in [-0.05, 0) is 38.8 Å². The first-order valence-electron chi connectivity index (χ1n) is 11.8. The van der Waals surface area contributed by atoms with Gasteiger partial charge < -0.3 is 31.5 Å². The molecule has 0 bridgehead atoms. The van der Waals surface area contributed by atoms with Crippen LogP contribution in [-0.2, 0) is 0 Å². The fraction of sp³-hybridized carbons (Fsp3) is 0.462. The number of carbonyl (C=O) groups excluding carboxylic acids is 2. The molecule has 8 heteroatoms. The summed E-state index contributed by atoms with van der Waals surface area (Å²) >= 11 is 0. The second-order valence-corrected chi connectivity index (χ2v) is 9.08. The van der Waals surface area contributed by atoms with E-state index in [4.69, 9.17) is 0 Å². The van der Waals surface area contributed by atoms with Crippen LogP contribution in [0, 0.1) is 0 Å². The number of benzene rings is 2. The highest BCUT2D eigenvalue weighted by atomic mass is 16.3. The van der Waals surface area contributed by atoms with Crippen molar-refractivity contribution >= 4 is 12.1 Å². The molecular weight excluding hydrogens is 432 g/mol. The lowest BCUT2D eigenvalue weighted by atomic mass is 9.93. The maximum Gasteiger partial charge on any atom is 0.315 e. The van der Waals surface area contributed by atoms with Gasteiger partial charge in [-0.1, -0.05) is 60.7 Å². The molecular formula is C26H38N4O4. The standard InChI is InChI=1S/C26H38N4O4/c1-17(2)27-25(33)29-21(19-11-7-5-8-12-19)15-23(31)24(32)16-22(20-13-9-6-10-14-20)30-26(34)28-18(3)4/h5-14,17-18,21-24,31-32H,15-16H2,1-4H3,(H2,27,29,33)(H2,28,30,34). The van der Waals surface area contributed by atoms with Crippen LogP contribution >= 0.6 is 0 Å². The number of aliphatic hydroxyl groups excluding tert-OH is 2. The van der Waals surface area contributed by atoms with Crippen LogP contribution in [0.2, 0.25) is 0 Å². The minimum absolute atomic E-state index is 0.0402. The van der Waals surface area contributed by atoms with Crippen molar-refractivity contribution in [3.63, 3.8) is 0 Å². The lowest BCUT2D eigenvalue weighted by Crippen LogP contribution is -2.44. The van der Waals surface area contributed by atoms with Crippen LogP contribution in [0.15, 0.2) is 60.7 Å². The van der Waals surface area contributed by atoms with Gasteiger partial charge in [-0.15, -0.1) is 0 Å². The molecule has 0 heterocycles. The number of amides is 4. The topological polar surface area (TPSA) is 123 Å². The Labute approximate surface area is 202 Å². The molecule has 0 aliphatic rings. The quantitative estimate of drug-likeness (QED) is 0.301. The molecule has 2 aromatic rings. The van der Waals surface area contributed by atoms with E-state index in [2.05, 4.69) is 21.3 Å². The van der Waals surface area contributed by atoms with Crippen LogP contribution in [-0.4, -0.2) is 46.6 Å². The summed E-state index contributed by atoms with van der Waals surface area (Å²) in [7, 11) is 0. The molecule has 2 rings (SSSR count). The highest BCUT2D eigenvalue weighted by Crippen LogP contribution is 2.25. The Morgan fingerprint density at radius 1 is 0.618 bits per heavy atom. The van der Waals surface area contributed by atoms with E-state index in [1.807, 2.05) is 88.4 Å². The van der Waals surface area contributed by atoms with Gasteiger partial charge in [0, 0.05) is 24.9 Å². The van der Waals surface area contributed by atoms with Gasteiger partial charge in [0.1, 0.15) is 0 Å². The summed E-state index contributed by atoms with van der Waals surface area (Å²) in [6, 6.07) is 16.9. The molecule has 0 aliphatic carbocycles. The van der Waals surface area contributed by atoms with Crippen molar-refractivity contribution in [2.45, 2.75) is 76.9 Å². The predicted molar refractivity (Wildman–Crippen MR) is 133 cm³/mol. The molecule has 6 N–H and O–H groups in total. The van der Waals surface area contributed by atoms with Gasteiger partial charge in [0.25, 0.3) is 0 Å². The molecule has 0 saturated heterocycles. The smallest absolute Gasteiger partial charge is 0.315 e. The molecule has 0 aromatic heterocycles. The monoisotopic (exact) mass is 470 g/mol. The van der Waals surface area contributed by atoms with Crippen molar-refractivity contribution in [1.29, 1.82) is 0 Å². The zero-order chi connectivity index (χ0) is 25.1. The molecule has 4 unspecified atom stereocenters. The fourth-order valence-corrected chi connectivity index (χ4v) is 3.65. The van der Waals surface area contributed by atoms with Gasteiger partial charge in [0.2, 0.25) is 0 Å². The number of urea groups is 2. The lowest BCUT2D eigenvalue weighted by molar-refractivity contribution is -0.000486. The Bertz CT molecular complexity index is 803. The van der Waals surface area contributed by atoms with Crippen molar-refractivity contribution in [1.82, 2.24) is 21.3 Å². The first-order chi connectivity index (χ1) is 16.2. The average Bonchev–Trinajstić information content (AvgIpc) is 2.78. The SMILES string of the molecule is CC(C)NC(=O)NC(CC(O)C(O)CC(NC(=O)NC(C)C)c1ccccc1)c1ccccc1. The maximum absolute atomic E-state index is 12.3. The van der Waals surface area contributed by atoms with Crippen LogP contribution in [0.3, 0.4) is 0 Å². The number of hydrogen-bond donors (Lipinski definition) is 6. The minimum atomic E-state index is -1.13. The molecule has 0 fully saturated rings. The van der Waals surface area contributed by atoms with E-state index in [-0.39, 0.29) is 37.0 Å². The van der Waals surface area contributed by atoms with Crippen molar-refractivity contribution in [3.05, 3.63) is 71.8 Å². The third-order valence-electron chi connectivity index (χ3n) is 5.25. The van der Waals surface area contributed by atoms with Crippen LogP contribution < -0.4 is 21.3 Å². The number of aliphatic hydroxyl groups is 2. The van der Waals surface area contributed by atoms with Crippen molar-refractivity contribution < 1.29 is 19.8 Å². The lowest BCUT2D eigenvalue weighted by Gasteiger charge is -2.28. The molecule has 8 nitrogen and oxygen atoms in total. The van der Waals surface area contributed by atoms with Crippen molar-refractivity contribution in [2.24, 2.45) is 0 Å². The number of hydrogen-bond acceptors (Lipinski definition) is 4. The van der Waals surface area contributed by atoms with E-state index in [0.29, 0.717) is 0 Å². The van der Waals surface area contributed by atoms with Crippen LogP contribution in [0.5, 0.6) is 0 Å². The van der Waals surface area contributed by atoms with Crippen LogP contribution in [0.4, 0.5) is 9.59 Å². The molecule has 34 heavy (non-hydrogen) atoms. The first kappa shape index (κ1) is 27.1. The fourth-order valence-electron chi connectivity index (χ4n) is 3.65. The summed E-state index contributed by atoms with van der Waals surface area (Å²) in [6.45, 7) is 7.45. The second kappa shape index (κ2) is 13.6. The molecule has 0 radical (unpaired) electrons. The summed E-state index contributed by atoms with van der Waals surface area (Å²) < 4.78 is 0. The number of nitrogens with one attached hydrogen (secondary N) is 4. The molecule has 0 aliphatic heterocycles. The first-order valence-corrected chi connectivity index (χ1v) is 11.8. The summed E-state index contributed by atoms with van der Waals surface area (Å²) in [4.78, 5) is 24.7. The van der Waals surface area contributed by atoms with Crippen molar-refractivity contribution in [3.8, 4) is 0 Å². The van der Waals surface area contributed by atoms with Gasteiger partial charge in [-0.2, -0.15) is 0 Å². The van der Waals surface area contributed by atoms with Crippen LogP contribution in [0.1, 0.15) is 63.7 Å². The summed E-state index contributed by atoms with van der Waals surface area (Å²) in [5, 5.41) is 33.1. The molecule has 0 saturated carbocycles. The van der Waals surface area contributed by atoms with E-state index in [9.17, 15) is 19.8 Å². The Morgan fingerprint density at radius 2 is 0.941 bits per heavy atom.